The number of carbonyl (C=O) groups excluding carboxylic acids is 1. The maximum Gasteiger partial charge on any atom is 0.292 e. The van der Waals surface area contributed by atoms with Gasteiger partial charge in [0.25, 0.3) is 5.91 Å². The SMILES string of the molecule is O=C(Nc1cc(C2CCCC2)nn1-c1ccccc1)c1ccco1. The van der Waals surface area contributed by atoms with Crippen molar-refractivity contribution in [2.24, 2.45) is 0 Å². The van der Waals surface area contributed by atoms with E-state index < -0.39 is 0 Å². The summed E-state index contributed by atoms with van der Waals surface area (Å²) in [4.78, 5) is 12.3. The van der Waals surface area contributed by atoms with Crippen LogP contribution in [0.5, 0.6) is 0 Å². The molecule has 2 heterocycles. The third-order valence-corrected chi connectivity index (χ3v) is 4.49. The number of nitrogens with zero attached hydrogens (tertiary/aromatic N) is 2. The van der Waals surface area contributed by atoms with E-state index in [1.165, 1.54) is 19.1 Å². The van der Waals surface area contributed by atoms with Crippen LogP contribution in [0.4, 0.5) is 5.82 Å². The van der Waals surface area contributed by atoms with Gasteiger partial charge in [-0.3, -0.25) is 4.79 Å². The van der Waals surface area contributed by atoms with E-state index in [9.17, 15) is 4.79 Å². The number of amides is 1. The fraction of sp³-hybridized carbons (Fsp3) is 0.263. The quantitative estimate of drug-likeness (QED) is 0.776. The highest BCUT2D eigenvalue weighted by Crippen LogP contribution is 2.35. The number of hydrogen-bond donors (Lipinski definition) is 1. The van der Waals surface area contributed by atoms with Gasteiger partial charge in [0.1, 0.15) is 5.82 Å². The number of hydrogen-bond acceptors (Lipinski definition) is 3. The molecule has 1 aliphatic rings. The summed E-state index contributed by atoms with van der Waals surface area (Å²) in [5.74, 6) is 1.17. The number of furan rings is 1. The van der Waals surface area contributed by atoms with Gasteiger partial charge < -0.3 is 9.73 Å². The number of anilines is 1. The topological polar surface area (TPSA) is 60.1 Å². The summed E-state index contributed by atoms with van der Waals surface area (Å²) >= 11 is 0. The molecule has 5 nitrogen and oxygen atoms in total. The summed E-state index contributed by atoms with van der Waals surface area (Å²) in [6.45, 7) is 0. The van der Waals surface area contributed by atoms with Gasteiger partial charge in [0.05, 0.1) is 17.6 Å². The molecule has 1 amide bonds. The maximum atomic E-state index is 12.3. The zero-order chi connectivity index (χ0) is 16.4. The van der Waals surface area contributed by atoms with Crippen molar-refractivity contribution >= 4 is 11.7 Å². The number of aromatic nitrogens is 2. The molecule has 24 heavy (non-hydrogen) atoms. The molecular weight excluding hydrogens is 302 g/mol. The van der Waals surface area contributed by atoms with Gasteiger partial charge in [0.2, 0.25) is 0 Å². The fourth-order valence-corrected chi connectivity index (χ4v) is 3.26. The largest absolute Gasteiger partial charge is 0.459 e. The Kier molecular flexibility index (Phi) is 3.91. The normalized spacial score (nSPS) is 14.8. The van der Waals surface area contributed by atoms with E-state index in [-0.39, 0.29) is 5.91 Å². The second-order valence-corrected chi connectivity index (χ2v) is 6.11. The van der Waals surface area contributed by atoms with Crippen LogP contribution in [0, 0.1) is 0 Å². The number of rotatable bonds is 4. The number of nitrogens with one attached hydrogen (secondary N) is 1. The molecule has 3 aromatic rings. The molecule has 1 aromatic carbocycles. The van der Waals surface area contributed by atoms with Crippen LogP contribution < -0.4 is 5.32 Å². The van der Waals surface area contributed by atoms with E-state index in [1.54, 1.807) is 16.8 Å². The van der Waals surface area contributed by atoms with Crippen molar-refractivity contribution in [1.29, 1.82) is 0 Å². The van der Waals surface area contributed by atoms with Crippen molar-refractivity contribution in [3.63, 3.8) is 0 Å². The van der Waals surface area contributed by atoms with Gasteiger partial charge >= 0.3 is 0 Å². The van der Waals surface area contributed by atoms with E-state index in [2.05, 4.69) is 5.32 Å². The molecule has 0 atom stereocenters. The van der Waals surface area contributed by atoms with Crippen LogP contribution in [-0.2, 0) is 0 Å². The Balaban J connectivity index is 1.69. The second kappa shape index (κ2) is 6.35. The molecule has 1 N–H and O–H groups in total. The van der Waals surface area contributed by atoms with Crippen molar-refractivity contribution in [1.82, 2.24) is 9.78 Å². The van der Waals surface area contributed by atoms with E-state index in [0.717, 1.165) is 24.2 Å². The van der Waals surface area contributed by atoms with Crippen LogP contribution in [0.2, 0.25) is 0 Å². The smallest absolute Gasteiger partial charge is 0.292 e. The van der Waals surface area contributed by atoms with Gasteiger partial charge in [-0.25, -0.2) is 4.68 Å². The Labute approximate surface area is 140 Å². The molecule has 0 aliphatic heterocycles. The van der Waals surface area contributed by atoms with Crippen LogP contribution in [0.25, 0.3) is 5.69 Å². The van der Waals surface area contributed by atoms with Gasteiger partial charge in [-0.05, 0) is 37.1 Å². The first-order chi connectivity index (χ1) is 11.8. The Bertz CT molecular complexity index is 816. The van der Waals surface area contributed by atoms with Crippen LogP contribution in [0.15, 0.2) is 59.2 Å². The van der Waals surface area contributed by atoms with Crippen LogP contribution in [0.1, 0.15) is 47.8 Å². The summed E-state index contributed by atoms with van der Waals surface area (Å²) in [5.41, 5.74) is 1.97. The lowest BCUT2D eigenvalue weighted by Gasteiger charge is -2.07. The van der Waals surface area contributed by atoms with Crippen LogP contribution in [0.3, 0.4) is 0 Å². The molecule has 1 saturated carbocycles. The second-order valence-electron chi connectivity index (χ2n) is 6.11. The first-order valence-electron chi connectivity index (χ1n) is 8.31. The molecular formula is C19H19N3O2. The third kappa shape index (κ3) is 2.85. The van der Waals surface area contributed by atoms with E-state index in [0.29, 0.717) is 17.5 Å². The van der Waals surface area contributed by atoms with Gasteiger partial charge in [-0.15, -0.1) is 0 Å². The molecule has 0 spiro atoms. The molecule has 1 aliphatic carbocycles. The van der Waals surface area contributed by atoms with Crippen molar-refractivity contribution in [3.05, 3.63) is 66.2 Å². The van der Waals surface area contributed by atoms with Gasteiger partial charge in [-0.2, -0.15) is 5.10 Å². The molecule has 2 aromatic heterocycles. The Morgan fingerprint density at radius 2 is 1.92 bits per heavy atom. The Hall–Kier alpha value is -2.82. The molecule has 0 unspecified atom stereocenters. The summed E-state index contributed by atoms with van der Waals surface area (Å²) in [5, 5.41) is 7.69. The van der Waals surface area contributed by atoms with Crippen molar-refractivity contribution in [2.45, 2.75) is 31.6 Å². The highest BCUT2D eigenvalue weighted by atomic mass is 16.3. The Morgan fingerprint density at radius 3 is 2.62 bits per heavy atom. The molecule has 4 rings (SSSR count). The number of carbonyl (C=O) groups is 1. The number of benzene rings is 1. The fourth-order valence-electron chi connectivity index (χ4n) is 3.26. The number of para-hydroxylation sites is 1. The summed E-state index contributed by atoms with van der Waals surface area (Å²) in [7, 11) is 0. The van der Waals surface area contributed by atoms with Crippen LogP contribution in [-0.4, -0.2) is 15.7 Å². The van der Waals surface area contributed by atoms with Crippen molar-refractivity contribution in [3.8, 4) is 5.69 Å². The average molecular weight is 321 g/mol. The lowest BCUT2D eigenvalue weighted by atomic mass is 10.0. The van der Waals surface area contributed by atoms with Crippen LogP contribution >= 0.6 is 0 Å². The monoisotopic (exact) mass is 321 g/mol. The lowest BCUT2D eigenvalue weighted by Crippen LogP contribution is -2.14. The zero-order valence-corrected chi connectivity index (χ0v) is 13.3. The minimum absolute atomic E-state index is 0.268. The first kappa shape index (κ1) is 14.8. The zero-order valence-electron chi connectivity index (χ0n) is 13.3. The molecule has 0 radical (unpaired) electrons. The molecule has 0 saturated heterocycles. The van der Waals surface area contributed by atoms with E-state index >= 15 is 0 Å². The summed E-state index contributed by atoms with van der Waals surface area (Å²) in [6, 6.07) is 15.2. The van der Waals surface area contributed by atoms with E-state index in [4.69, 9.17) is 9.52 Å². The lowest BCUT2D eigenvalue weighted by molar-refractivity contribution is 0.0996. The predicted octanol–water partition coefficient (Wildman–Crippen LogP) is 4.38. The van der Waals surface area contributed by atoms with Crippen molar-refractivity contribution < 1.29 is 9.21 Å². The molecule has 122 valence electrons. The minimum atomic E-state index is -0.268. The standard InChI is InChI=1S/C19H19N3O2/c23-19(17-11-6-12-24-17)20-18-13-16(14-7-4-5-8-14)21-22(18)15-9-2-1-3-10-15/h1-3,6,9-14H,4-5,7-8H2,(H,20,23). The van der Waals surface area contributed by atoms with Crippen molar-refractivity contribution in [2.75, 3.05) is 5.32 Å². The summed E-state index contributed by atoms with van der Waals surface area (Å²) in [6.07, 6.45) is 6.32. The molecule has 5 heteroatoms. The Morgan fingerprint density at radius 1 is 1.12 bits per heavy atom. The van der Waals surface area contributed by atoms with E-state index in [1.807, 2.05) is 36.4 Å². The third-order valence-electron chi connectivity index (χ3n) is 4.49. The van der Waals surface area contributed by atoms with Gasteiger partial charge in [0, 0.05) is 12.0 Å². The highest BCUT2D eigenvalue weighted by Gasteiger charge is 2.23. The first-order valence-corrected chi connectivity index (χ1v) is 8.31. The summed E-state index contributed by atoms with van der Waals surface area (Å²) < 4.78 is 6.98. The predicted molar refractivity (Wildman–Crippen MR) is 91.4 cm³/mol. The molecule has 1 fully saturated rings. The van der Waals surface area contributed by atoms with Gasteiger partial charge in [-0.1, -0.05) is 31.0 Å². The minimum Gasteiger partial charge on any atom is -0.459 e. The average Bonchev–Trinajstić information content (AvgIpc) is 3.36. The highest BCUT2D eigenvalue weighted by molar-refractivity contribution is 6.01. The molecule has 0 bridgehead atoms. The van der Waals surface area contributed by atoms with Gasteiger partial charge in [0.15, 0.2) is 5.76 Å². The maximum absolute atomic E-state index is 12.3.